The van der Waals surface area contributed by atoms with Gasteiger partial charge in [-0.1, -0.05) is 13.3 Å². The summed E-state index contributed by atoms with van der Waals surface area (Å²) in [4.78, 5) is 35.4. The lowest BCUT2D eigenvalue weighted by Crippen LogP contribution is -2.36. The van der Waals surface area contributed by atoms with Gasteiger partial charge in [0.25, 0.3) is 6.10 Å². The van der Waals surface area contributed by atoms with Crippen LogP contribution in [0.15, 0.2) is 24.3 Å². The third-order valence-electron chi connectivity index (χ3n) is 2.77. The Kier molecular flexibility index (Phi) is 6.52. The minimum atomic E-state index is -1.66. The van der Waals surface area contributed by atoms with E-state index in [1.165, 1.54) is 12.1 Å². The molecule has 1 aromatic carbocycles. The summed E-state index contributed by atoms with van der Waals surface area (Å²) in [5.74, 6) is -2.87. The third kappa shape index (κ3) is 4.98. The van der Waals surface area contributed by atoms with E-state index in [9.17, 15) is 18.8 Å². The first-order valence-electron chi connectivity index (χ1n) is 6.56. The van der Waals surface area contributed by atoms with Crippen LogP contribution in [-0.2, 0) is 19.1 Å². The monoisotopic (exact) mass is 296 g/mol. The fraction of sp³-hybridized carbons (Fsp3) is 0.400. The maximum absolute atomic E-state index is 12.8. The molecule has 1 rings (SSSR count). The van der Waals surface area contributed by atoms with E-state index in [0.717, 1.165) is 25.7 Å². The van der Waals surface area contributed by atoms with Gasteiger partial charge in [-0.15, -0.1) is 0 Å². The first-order chi connectivity index (χ1) is 9.99. The predicted molar refractivity (Wildman–Crippen MR) is 72.2 cm³/mol. The van der Waals surface area contributed by atoms with Crippen molar-refractivity contribution in [3.05, 3.63) is 35.6 Å². The molecule has 0 radical (unpaired) electrons. The molecule has 0 aliphatic heterocycles. The first-order valence-corrected chi connectivity index (χ1v) is 6.56. The van der Waals surface area contributed by atoms with Crippen molar-refractivity contribution < 1.29 is 28.2 Å². The van der Waals surface area contributed by atoms with Crippen molar-refractivity contribution in [1.29, 1.82) is 0 Å². The van der Waals surface area contributed by atoms with Crippen LogP contribution in [0.3, 0.4) is 0 Å². The van der Waals surface area contributed by atoms with Crippen molar-refractivity contribution in [1.82, 2.24) is 0 Å². The topological polar surface area (TPSA) is 69.7 Å². The molecule has 0 amide bonds. The highest BCUT2D eigenvalue weighted by atomic mass is 19.1. The summed E-state index contributed by atoms with van der Waals surface area (Å²) in [6, 6.07) is 4.60. The highest BCUT2D eigenvalue weighted by Crippen LogP contribution is 2.11. The molecule has 1 atom stereocenters. The zero-order chi connectivity index (χ0) is 15.8. The van der Waals surface area contributed by atoms with Crippen LogP contribution in [0.25, 0.3) is 0 Å². The van der Waals surface area contributed by atoms with Gasteiger partial charge in [0, 0.05) is 12.0 Å². The largest absolute Gasteiger partial charge is 0.466 e. The third-order valence-corrected chi connectivity index (χ3v) is 2.77. The number of ketones is 1. The van der Waals surface area contributed by atoms with E-state index in [0.29, 0.717) is 6.42 Å². The van der Waals surface area contributed by atoms with Gasteiger partial charge >= 0.3 is 11.9 Å². The molecular weight excluding hydrogens is 279 g/mol. The molecule has 0 heterocycles. The lowest BCUT2D eigenvalue weighted by atomic mass is 10.1. The van der Waals surface area contributed by atoms with E-state index in [-0.39, 0.29) is 12.0 Å². The Morgan fingerprint density at radius 1 is 1.19 bits per heavy atom. The van der Waals surface area contributed by atoms with Crippen molar-refractivity contribution >= 4 is 17.7 Å². The molecule has 0 aliphatic carbocycles. The minimum absolute atomic E-state index is 0.0649. The van der Waals surface area contributed by atoms with Gasteiger partial charge in [-0.3, -0.25) is 9.59 Å². The van der Waals surface area contributed by atoms with Crippen LogP contribution in [0, 0.1) is 5.82 Å². The SMILES string of the molecule is CCCCC(=O)OC(C(=O)OC)C(=O)c1ccc(F)cc1. The maximum Gasteiger partial charge on any atom is 0.355 e. The standard InChI is InChI=1S/C15H17FO5/c1-3-4-5-12(17)21-14(15(19)20-2)13(18)10-6-8-11(16)9-7-10/h6-9,14H,3-5H2,1-2H3. The number of halogens is 1. The van der Waals surface area contributed by atoms with Crippen LogP contribution < -0.4 is 0 Å². The van der Waals surface area contributed by atoms with Gasteiger partial charge in [0.15, 0.2) is 0 Å². The van der Waals surface area contributed by atoms with Gasteiger partial charge in [0.2, 0.25) is 5.78 Å². The quantitative estimate of drug-likeness (QED) is 0.438. The number of ether oxygens (including phenoxy) is 2. The van der Waals surface area contributed by atoms with Gasteiger partial charge in [-0.25, -0.2) is 9.18 Å². The van der Waals surface area contributed by atoms with E-state index in [1.807, 2.05) is 6.92 Å². The van der Waals surface area contributed by atoms with Crippen LogP contribution >= 0.6 is 0 Å². The number of Topliss-reactive ketones (excluding diaryl/α,β-unsaturated/α-hetero) is 1. The molecule has 114 valence electrons. The molecule has 1 unspecified atom stereocenters. The Morgan fingerprint density at radius 2 is 1.81 bits per heavy atom. The molecular formula is C15H17FO5. The van der Waals surface area contributed by atoms with E-state index in [2.05, 4.69) is 4.74 Å². The first kappa shape index (κ1) is 16.8. The molecule has 21 heavy (non-hydrogen) atoms. The second-order valence-corrected chi connectivity index (χ2v) is 4.37. The molecule has 0 saturated carbocycles. The number of unbranched alkanes of at least 4 members (excludes halogenated alkanes) is 1. The van der Waals surface area contributed by atoms with Crippen molar-refractivity contribution in [3.63, 3.8) is 0 Å². The number of hydrogen-bond donors (Lipinski definition) is 0. The van der Waals surface area contributed by atoms with Crippen molar-refractivity contribution in [2.45, 2.75) is 32.3 Å². The van der Waals surface area contributed by atoms with Crippen LogP contribution in [0.4, 0.5) is 4.39 Å². The number of carbonyl (C=O) groups is 3. The average Bonchev–Trinajstić information content (AvgIpc) is 2.49. The number of carbonyl (C=O) groups excluding carboxylic acids is 3. The van der Waals surface area contributed by atoms with Crippen LogP contribution in [0.5, 0.6) is 0 Å². The summed E-state index contributed by atoms with van der Waals surface area (Å²) in [5.41, 5.74) is 0.0649. The minimum Gasteiger partial charge on any atom is -0.466 e. The fourth-order valence-corrected chi connectivity index (χ4v) is 1.59. The maximum atomic E-state index is 12.8. The number of methoxy groups -OCH3 is 1. The summed E-state index contributed by atoms with van der Waals surface area (Å²) in [5, 5.41) is 0. The summed E-state index contributed by atoms with van der Waals surface area (Å²) >= 11 is 0. The lowest BCUT2D eigenvalue weighted by Gasteiger charge is -2.14. The molecule has 6 heteroatoms. The summed E-state index contributed by atoms with van der Waals surface area (Å²) < 4.78 is 22.2. The van der Waals surface area contributed by atoms with Gasteiger partial charge in [-0.2, -0.15) is 0 Å². The Hall–Kier alpha value is -2.24. The molecule has 0 spiro atoms. The van der Waals surface area contributed by atoms with E-state index >= 15 is 0 Å². The van der Waals surface area contributed by atoms with Gasteiger partial charge in [-0.05, 0) is 30.7 Å². The summed E-state index contributed by atoms with van der Waals surface area (Å²) in [6.07, 6.45) is -0.174. The molecule has 5 nitrogen and oxygen atoms in total. The number of hydrogen-bond acceptors (Lipinski definition) is 5. The highest BCUT2D eigenvalue weighted by molar-refractivity contribution is 6.12. The Balaban J connectivity index is 2.86. The molecule has 0 saturated heterocycles. The van der Waals surface area contributed by atoms with Crippen LogP contribution in [-0.4, -0.2) is 30.9 Å². The van der Waals surface area contributed by atoms with E-state index < -0.39 is 29.6 Å². The molecule has 0 aromatic heterocycles. The van der Waals surface area contributed by atoms with Gasteiger partial charge < -0.3 is 9.47 Å². The Morgan fingerprint density at radius 3 is 2.33 bits per heavy atom. The van der Waals surface area contributed by atoms with Crippen molar-refractivity contribution in [2.75, 3.05) is 7.11 Å². The van der Waals surface area contributed by atoms with Crippen LogP contribution in [0.2, 0.25) is 0 Å². The summed E-state index contributed by atoms with van der Waals surface area (Å²) in [7, 11) is 1.09. The molecule has 1 aromatic rings. The van der Waals surface area contributed by atoms with E-state index in [4.69, 9.17) is 4.74 Å². The Labute approximate surface area is 122 Å². The van der Waals surface area contributed by atoms with Crippen LogP contribution in [0.1, 0.15) is 36.5 Å². The smallest absolute Gasteiger partial charge is 0.355 e. The second-order valence-electron chi connectivity index (χ2n) is 4.37. The molecule has 0 aliphatic rings. The zero-order valence-corrected chi connectivity index (χ0v) is 11.9. The Bertz CT molecular complexity index is 509. The number of esters is 2. The van der Waals surface area contributed by atoms with Gasteiger partial charge in [0.1, 0.15) is 5.82 Å². The highest BCUT2D eigenvalue weighted by Gasteiger charge is 2.32. The predicted octanol–water partition coefficient (Wildman–Crippen LogP) is 2.28. The second kappa shape index (κ2) is 8.14. The normalized spacial score (nSPS) is 11.6. The molecule has 0 N–H and O–H groups in total. The number of benzene rings is 1. The fourth-order valence-electron chi connectivity index (χ4n) is 1.59. The zero-order valence-electron chi connectivity index (χ0n) is 11.9. The molecule has 0 fully saturated rings. The van der Waals surface area contributed by atoms with Crippen molar-refractivity contribution in [2.24, 2.45) is 0 Å². The van der Waals surface area contributed by atoms with E-state index in [1.54, 1.807) is 0 Å². The van der Waals surface area contributed by atoms with Gasteiger partial charge in [0.05, 0.1) is 7.11 Å². The van der Waals surface area contributed by atoms with Crippen molar-refractivity contribution in [3.8, 4) is 0 Å². The average molecular weight is 296 g/mol. The summed E-state index contributed by atoms with van der Waals surface area (Å²) in [6.45, 7) is 1.90. The number of rotatable bonds is 7. The molecule has 0 bridgehead atoms. The lowest BCUT2D eigenvalue weighted by molar-refractivity contribution is -0.162.